The molecule has 1 heterocycles. The van der Waals surface area contributed by atoms with Crippen molar-refractivity contribution in [2.24, 2.45) is 0 Å². The van der Waals surface area contributed by atoms with Crippen LogP contribution in [-0.2, 0) is 11.4 Å². The molecule has 8 heteroatoms. The minimum atomic E-state index is -0.540. The van der Waals surface area contributed by atoms with Gasteiger partial charge in [-0.1, -0.05) is 17.7 Å². The summed E-state index contributed by atoms with van der Waals surface area (Å²) in [6, 6.07) is 7.32. The molecule has 0 bridgehead atoms. The summed E-state index contributed by atoms with van der Waals surface area (Å²) in [7, 11) is 3.26. The minimum absolute atomic E-state index is 0.0604. The van der Waals surface area contributed by atoms with Crippen LogP contribution in [0, 0.1) is 0 Å². The maximum Gasteiger partial charge on any atom is 0.377 e. The van der Waals surface area contributed by atoms with Gasteiger partial charge in [-0.3, -0.25) is 4.90 Å². The second-order valence-corrected chi connectivity index (χ2v) is 5.42. The fraction of sp³-hybridized carbons (Fsp3) is 0.400. The molecule has 1 aromatic heterocycles. The average molecular weight is 339 g/mol. The van der Waals surface area contributed by atoms with Crippen molar-refractivity contribution in [1.82, 2.24) is 19.7 Å². The third-order valence-corrected chi connectivity index (χ3v) is 3.27. The Labute approximate surface area is 139 Å². The van der Waals surface area contributed by atoms with Crippen molar-refractivity contribution in [2.45, 2.75) is 13.1 Å². The monoisotopic (exact) mass is 338 g/mol. The molecule has 0 fully saturated rings. The lowest BCUT2D eigenvalue weighted by molar-refractivity contribution is 0.0585. The molecule has 0 atom stereocenters. The van der Waals surface area contributed by atoms with Crippen LogP contribution < -0.4 is 4.74 Å². The summed E-state index contributed by atoms with van der Waals surface area (Å²) in [4.78, 5) is 17.2. The van der Waals surface area contributed by atoms with E-state index in [4.69, 9.17) is 16.3 Å². The van der Waals surface area contributed by atoms with Gasteiger partial charge in [0.2, 0.25) is 0 Å². The topological polar surface area (TPSA) is 69.5 Å². The Balaban J connectivity index is 1.69. The van der Waals surface area contributed by atoms with E-state index in [9.17, 15) is 4.79 Å². The van der Waals surface area contributed by atoms with Crippen LogP contribution in [0.15, 0.2) is 30.6 Å². The lowest BCUT2D eigenvalue weighted by Crippen LogP contribution is -2.24. The number of hydrogen-bond acceptors (Lipinski definition) is 6. The second-order valence-electron chi connectivity index (χ2n) is 4.98. The molecule has 23 heavy (non-hydrogen) atoms. The predicted molar refractivity (Wildman–Crippen MR) is 85.6 cm³/mol. The zero-order chi connectivity index (χ0) is 16.7. The van der Waals surface area contributed by atoms with Crippen LogP contribution in [0.2, 0.25) is 5.02 Å². The summed E-state index contributed by atoms with van der Waals surface area (Å²) in [6.45, 7) is 1.94. The number of nitrogens with zero attached hydrogens (tertiary/aromatic N) is 4. The number of aromatic nitrogens is 3. The van der Waals surface area contributed by atoms with Crippen LogP contribution >= 0.6 is 11.6 Å². The smallest absolute Gasteiger partial charge is 0.377 e. The second kappa shape index (κ2) is 8.50. The third kappa shape index (κ3) is 5.54. The maximum atomic E-state index is 11.3. The lowest BCUT2D eigenvalue weighted by Gasteiger charge is -2.16. The van der Waals surface area contributed by atoms with Crippen LogP contribution in [-0.4, -0.2) is 52.9 Å². The third-order valence-electron chi connectivity index (χ3n) is 3.04. The van der Waals surface area contributed by atoms with E-state index in [1.807, 2.05) is 25.2 Å². The molecular formula is C15H19ClN4O3. The number of carbonyl (C=O) groups excluding carboxylic acids is 1. The van der Waals surface area contributed by atoms with Crippen molar-refractivity contribution in [3.05, 3.63) is 41.4 Å². The first kappa shape index (κ1) is 17.2. The Morgan fingerprint density at radius 1 is 1.43 bits per heavy atom. The van der Waals surface area contributed by atoms with Crippen LogP contribution in [0.4, 0.5) is 0 Å². The van der Waals surface area contributed by atoms with Crippen molar-refractivity contribution in [2.75, 3.05) is 27.3 Å². The Bertz CT molecular complexity index is 647. The molecule has 0 saturated carbocycles. The van der Waals surface area contributed by atoms with Crippen LogP contribution in [0.25, 0.3) is 0 Å². The van der Waals surface area contributed by atoms with E-state index in [2.05, 4.69) is 19.7 Å². The molecule has 0 aliphatic heterocycles. The standard InChI is InChI=1S/C15H19ClN4O3/c1-19(11-20-10-17-14(18-20)15(21)22-2)7-4-8-23-13-6-3-5-12(16)9-13/h3,5-6,9-10H,4,7-8,11H2,1-2H3. The van der Waals surface area contributed by atoms with E-state index in [1.54, 1.807) is 10.7 Å². The highest BCUT2D eigenvalue weighted by atomic mass is 35.5. The van der Waals surface area contributed by atoms with Crippen molar-refractivity contribution >= 4 is 17.6 Å². The van der Waals surface area contributed by atoms with Crippen molar-refractivity contribution < 1.29 is 14.3 Å². The molecular weight excluding hydrogens is 320 g/mol. The molecule has 0 aliphatic rings. The molecule has 0 unspecified atom stereocenters. The molecule has 2 rings (SSSR count). The Morgan fingerprint density at radius 2 is 2.26 bits per heavy atom. The molecule has 7 nitrogen and oxygen atoms in total. The van der Waals surface area contributed by atoms with Gasteiger partial charge in [-0.15, -0.1) is 5.10 Å². The molecule has 0 spiro atoms. The van der Waals surface area contributed by atoms with E-state index >= 15 is 0 Å². The van der Waals surface area contributed by atoms with Crippen LogP contribution in [0.1, 0.15) is 17.0 Å². The molecule has 0 saturated heterocycles. The van der Waals surface area contributed by atoms with E-state index < -0.39 is 5.97 Å². The van der Waals surface area contributed by atoms with Crippen LogP contribution in [0.5, 0.6) is 5.75 Å². The van der Waals surface area contributed by atoms with E-state index in [1.165, 1.54) is 13.4 Å². The first-order chi connectivity index (χ1) is 11.1. The summed E-state index contributed by atoms with van der Waals surface area (Å²) >= 11 is 5.90. The zero-order valence-electron chi connectivity index (χ0n) is 13.1. The molecule has 0 radical (unpaired) electrons. The highest BCUT2D eigenvalue weighted by Crippen LogP contribution is 2.17. The van der Waals surface area contributed by atoms with Gasteiger partial charge in [0.25, 0.3) is 5.82 Å². The lowest BCUT2D eigenvalue weighted by atomic mass is 10.3. The number of rotatable bonds is 8. The summed E-state index contributed by atoms with van der Waals surface area (Å²) in [6.07, 6.45) is 2.35. The Kier molecular flexibility index (Phi) is 6.37. The van der Waals surface area contributed by atoms with Gasteiger partial charge in [0, 0.05) is 11.6 Å². The number of halogens is 1. The van der Waals surface area contributed by atoms with E-state index in [-0.39, 0.29) is 5.82 Å². The van der Waals surface area contributed by atoms with Crippen molar-refractivity contribution in [1.29, 1.82) is 0 Å². The fourth-order valence-electron chi connectivity index (χ4n) is 1.95. The summed E-state index contributed by atoms with van der Waals surface area (Å²) in [5, 5.41) is 4.71. The molecule has 1 aromatic carbocycles. The summed E-state index contributed by atoms with van der Waals surface area (Å²) in [5.41, 5.74) is 0. The first-order valence-electron chi connectivity index (χ1n) is 7.13. The largest absolute Gasteiger partial charge is 0.493 e. The van der Waals surface area contributed by atoms with Gasteiger partial charge in [0.05, 0.1) is 20.4 Å². The number of esters is 1. The predicted octanol–water partition coefficient (Wildman–Crippen LogP) is 2.08. The van der Waals surface area contributed by atoms with E-state index in [0.717, 1.165) is 18.7 Å². The van der Waals surface area contributed by atoms with Gasteiger partial charge in [-0.2, -0.15) is 0 Å². The van der Waals surface area contributed by atoms with Gasteiger partial charge in [-0.05, 0) is 31.7 Å². The van der Waals surface area contributed by atoms with Gasteiger partial charge < -0.3 is 9.47 Å². The SMILES string of the molecule is COC(=O)c1ncn(CN(C)CCCOc2cccc(Cl)c2)n1. The number of methoxy groups -OCH3 is 1. The number of ether oxygens (including phenoxy) is 2. The molecule has 0 aliphatic carbocycles. The quantitative estimate of drug-likeness (QED) is 0.542. The van der Waals surface area contributed by atoms with Gasteiger partial charge in [0.1, 0.15) is 12.1 Å². The summed E-state index contributed by atoms with van der Waals surface area (Å²) in [5.74, 6) is 0.283. The average Bonchev–Trinajstić information content (AvgIpc) is 2.99. The normalized spacial score (nSPS) is 10.8. The van der Waals surface area contributed by atoms with Crippen LogP contribution in [0.3, 0.4) is 0 Å². The number of hydrogen-bond donors (Lipinski definition) is 0. The van der Waals surface area contributed by atoms with Crippen molar-refractivity contribution in [3.8, 4) is 5.75 Å². The fourth-order valence-corrected chi connectivity index (χ4v) is 2.13. The van der Waals surface area contributed by atoms with Gasteiger partial charge >= 0.3 is 5.97 Å². The van der Waals surface area contributed by atoms with Gasteiger partial charge in [-0.25, -0.2) is 14.5 Å². The molecule has 2 aromatic rings. The van der Waals surface area contributed by atoms with E-state index in [0.29, 0.717) is 18.3 Å². The number of carbonyl (C=O) groups is 1. The highest BCUT2D eigenvalue weighted by molar-refractivity contribution is 6.30. The molecule has 124 valence electrons. The highest BCUT2D eigenvalue weighted by Gasteiger charge is 2.11. The van der Waals surface area contributed by atoms with Gasteiger partial charge in [0.15, 0.2) is 0 Å². The number of benzene rings is 1. The Morgan fingerprint density at radius 3 is 3.00 bits per heavy atom. The molecule has 0 amide bonds. The maximum absolute atomic E-state index is 11.3. The zero-order valence-corrected chi connectivity index (χ0v) is 13.9. The minimum Gasteiger partial charge on any atom is -0.493 e. The Hall–Kier alpha value is -2.12. The molecule has 0 N–H and O–H groups in total. The van der Waals surface area contributed by atoms with Crippen molar-refractivity contribution in [3.63, 3.8) is 0 Å². The first-order valence-corrected chi connectivity index (χ1v) is 7.51. The summed E-state index contributed by atoms with van der Waals surface area (Å²) < 4.78 is 11.8.